The van der Waals surface area contributed by atoms with Gasteiger partial charge in [0.1, 0.15) is 5.76 Å². The van der Waals surface area contributed by atoms with Gasteiger partial charge < -0.3 is 14.5 Å². The summed E-state index contributed by atoms with van der Waals surface area (Å²) < 4.78 is 12.4. The minimum Gasteiger partial charge on any atom is -0.453 e. The van der Waals surface area contributed by atoms with E-state index in [1.807, 2.05) is 12.1 Å². The van der Waals surface area contributed by atoms with Gasteiger partial charge in [0.05, 0.1) is 18.2 Å². The van der Waals surface area contributed by atoms with E-state index in [1.54, 1.807) is 0 Å². The zero-order valence-corrected chi connectivity index (χ0v) is 12.0. The molecule has 2 rings (SSSR count). The minimum atomic E-state index is 0.172. The zero-order valence-electron chi connectivity index (χ0n) is 10.4. The molecule has 0 saturated carbocycles. The Hall–Kier alpha value is -0.320. The second kappa shape index (κ2) is 6.03. The summed E-state index contributed by atoms with van der Waals surface area (Å²) in [6, 6.07) is 4.13. The molecule has 0 amide bonds. The molecule has 1 aliphatic rings. The molecule has 1 aromatic rings. The monoisotopic (exact) mass is 301 g/mol. The Balaban J connectivity index is 2.07. The lowest BCUT2D eigenvalue weighted by atomic mass is 10.0. The smallest absolute Gasteiger partial charge is 0.169 e. The van der Waals surface area contributed by atoms with Gasteiger partial charge in [-0.05, 0) is 60.8 Å². The van der Waals surface area contributed by atoms with E-state index >= 15 is 0 Å². The summed E-state index contributed by atoms with van der Waals surface area (Å²) in [6.07, 6.45) is 3.94. The van der Waals surface area contributed by atoms with E-state index in [9.17, 15) is 0 Å². The van der Waals surface area contributed by atoms with Crippen molar-refractivity contribution in [1.29, 1.82) is 0 Å². The lowest BCUT2D eigenvalue weighted by molar-refractivity contribution is 0.0266. The number of hydrogen-bond acceptors (Lipinski definition) is 3. The summed E-state index contributed by atoms with van der Waals surface area (Å²) >= 11 is 3.35. The number of furan rings is 1. The summed E-state index contributed by atoms with van der Waals surface area (Å²) in [5.74, 6) is 0.962. The van der Waals surface area contributed by atoms with Gasteiger partial charge in [0, 0.05) is 0 Å². The average Bonchev–Trinajstić information content (AvgIpc) is 2.89. The van der Waals surface area contributed by atoms with E-state index in [0.717, 1.165) is 36.2 Å². The van der Waals surface area contributed by atoms with Crippen LogP contribution in [0.25, 0.3) is 0 Å². The van der Waals surface area contributed by atoms with Gasteiger partial charge in [0.15, 0.2) is 4.67 Å². The first-order chi connectivity index (χ1) is 8.20. The van der Waals surface area contributed by atoms with Crippen LogP contribution in [0.3, 0.4) is 0 Å². The highest BCUT2D eigenvalue weighted by molar-refractivity contribution is 9.10. The van der Waals surface area contributed by atoms with Gasteiger partial charge in [-0.2, -0.15) is 0 Å². The van der Waals surface area contributed by atoms with Crippen LogP contribution in [-0.4, -0.2) is 18.8 Å². The van der Waals surface area contributed by atoms with E-state index < -0.39 is 0 Å². The predicted octanol–water partition coefficient (Wildman–Crippen LogP) is 3.65. The average molecular weight is 302 g/mol. The zero-order chi connectivity index (χ0) is 12.3. The van der Waals surface area contributed by atoms with Crippen molar-refractivity contribution in [2.24, 2.45) is 0 Å². The molecule has 0 aliphatic carbocycles. The molecule has 0 spiro atoms. The van der Waals surface area contributed by atoms with Crippen LogP contribution in [0.1, 0.15) is 44.9 Å². The van der Waals surface area contributed by atoms with Gasteiger partial charge in [0.25, 0.3) is 0 Å². The molecule has 1 aromatic heterocycles. The predicted molar refractivity (Wildman–Crippen MR) is 71.0 cm³/mol. The summed E-state index contributed by atoms with van der Waals surface area (Å²) in [5.41, 5.74) is 0. The van der Waals surface area contributed by atoms with Gasteiger partial charge in [-0.25, -0.2) is 0 Å². The van der Waals surface area contributed by atoms with Crippen molar-refractivity contribution in [3.8, 4) is 0 Å². The number of hydrogen-bond donors (Lipinski definition) is 1. The molecule has 3 atom stereocenters. The Morgan fingerprint density at radius 1 is 1.47 bits per heavy atom. The number of nitrogens with one attached hydrogen (secondary N) is 1. The molecular weight excluding hydrogens is 282 g/mol. The number of ether oxygens (including phenoxy) is 1. The second-order valence-corrected chi connectivity index (χ2v) is 5.42. The lowest BCUT2D eigenvalue weighted by Gasteiger charge is -2.22. The second-order valence-electron chi connectivity index (χ2n) is 4.64. The van der Waals surface area contributed by atoms with Crippen LogP contribution in [0.2, 0.25) is 0 Å². The van der Waals surface area contributed by atoms with Crippen molar-refractivity contribution in [1.82, 2.24) is 5.32 Å². The Bertz CT molecular complexity index is 353. The number of halogens is 1. The summed E-state index contributed by atoms with van der Waals surface area (Å²) in [5, 5.41) is 3.52. The fourth-order valence-corrected chi connectivity index (χ4v) is 2.61. The molecule has 3 nitrogen and oxygen atoms in total. The van der Waals surface area contributed by atoms with Gasteiger partial charge in [-0.1, -0.05) is 6.92 Å². The van der Waals surface area contributed by atoms with Gasteiger partial charge in [-0.15, -0.1) is 0 Å². The first-order valence-electron chi connectivity index (χ1n) is 6.34. The van der Waals surface area contributed by atoms with Crippen molar-refractivity contribution in [2.75, 3.05) is 6.54 Å². The standard InChI is InChI=1S/C13H20BrNO2/c1-3-8-15-13(10-5-4-9(2)16-10)11-6-7-12(14)17-11/h6-7,9-10,13,15H,3-5,8H2,1-2H3. The molecule has 4 heteroatoms. The quantitative estimate of drug-likeness (QED) is 0.901. The Labute approximate surface area is 111 Å². The lowest BCUT2D eigenvalue weighted by Crippen LogP contribution is -2.32. The molecule has 1 fully saturated rings. The third-order valence-corrected chi connectivity index (χ3v) is 3.58. The molecule has 1 saturated heterocycles. The van der Waals surface area contributed by atoms with Crippen LogP contribution in [0.4, 0.5) is 0 Å². The van der Waals surface area contributed by atoms with Crippen LogP contribution >= 0.6 is 15.9 Å². The summed E-state index contributed by atoms with van der Waals surface area (Å²) in [6.45, 7) is 5.28. The SMILES string of the molecule is CCCNC(c1ccc(Br)o1)C1CCC(C)O1. The van der Waals surface area contributed by atoms with E-state index in [4.69, 9.17) is 9.15 Å². The maximum Gasteiger partial charge on any atom is 0.169 e. The van der Waals surface area contributed by atoms with E-state index in [-0.39, 0.29) is 12.1 Å². The highest BCUT2D eigenvalue weighted by Gasteiger charge is 2.32. The van der Waals surface area contributed by atoms with E-state index in [0.29, 0.717) is 6.10 Å². The topological polar surface area (TPSA) is 34.4 Å². The molecule has 2 heterocycles. The molecule has 1 aliphatic heterocycles. The molecule has 17 heavy (non-hydrogen) atoms. The van der Waals surface area contributed by atoms with Crippen LogP contribution in [0, 0.1) is 0 Å². The van der Waals surface area contributed by atoms with E-state index in [1.165, 1.54) is 0 Å². The first kappa shape index (κ1) is 13.1. The van der Waals surface area contributed by atoms with Crippen molar-refractivity contribution in [3.63, 3.8) is 0 Å². The fraction of sp³-hybridized carbons (Fsp3) is 0.692. The maximum absolute atomic E-state index is 5.95. The summed E-state index contributed by atoms with van der Waals surface area (Å²) in [4.78, 5) is 0. The van der Waals surface area contributed by atoms with E-state index in [2.05, 4.69) is 35.1 Å². The Morgan fingerprint density at radius 2 is 2.29 bits per heavy atom. The van der Waals surface area contributed by atoms with Gasteiger partial charge in [-0.3, -0.25) is 0 Å². The van der Waals surface area contributed by atoms with Crippen LogP contribution in [0.15, 0.2) is 21.2 Å². The van der Waals surface area contributed by atoms with Crippen LogP contribution in [0.5, 0.6) is 0 Å². The largest absolute Gasteiger partial charge is 0.453 e. The fourth-order valence-electron chi connectivity index (χ4n) is 2.29. The maximum atomic E-state index is 5.95. The third-order valence-electron chi connectivity index (χ3n) is 3.15. The van der Waals surface area contributed by atoms with Crippen molar-refractivity contribution >= 4 is 15.9 Å². The van der Waals surface area contributed by atoms with Gasteiger partial charge in [0.2, 0.25) is 0 Å². The van der Waals surface area contributed by atoms with Gasteiger partial charge >= 0.3 is 0 Å². The minimum absolute atomic E-state index is 0.172. The molecule has 3 unspecified atom stereocenters. The Morgan fingerprint density at radius 3 is 2.82 bits per heavy atom. The third kappa shape index (κ3) is 3.33. The molecule has 0 radical (unpaired) electrons. The highest BCUT2D eigenvalue weighted by atomic mass is 79.9. The summed E-state index contributed by atoms with van der Waals surface area (Å²) in [7, 11) is 0. The molecule has 96 valence electrons. The van der Waals surface area contributed by atoms with Crippen molar-refractivity contribution < 1.29 is 9.15 Å². The normalized spacial score (nSPS) is 26.3. The van der Waals surface area contributed by atoms with Crippen molar-refractivity contribution in [3.05, 3.63) is 22.6 Å². The van der Waals surface area contributed by atoms with Crippen LogP contribution in [-0.2, 0) is 4.74 Å². The highest BCUT2D eigenvalue weighted by Crippen LogP contribution is 2.31. The number of rotatable bonds is 5. The van der Waals surface area contributed by atoms with Crippen molar-refractivity contribution in [2.45, 2.75) is 51.4 Å². The van der Waals surface area contributed by atoms with Crippen LogP contribution < -0.4 is 5.32 Å². The molecule has 1 N–H and O–H groups in total. The first-order valence-corrected chi connectivity index (χ1v) is 7.14. The molecular formula is C13H20BrNO2. The molecule has 0 aromatic carbocycles. The Kier molecular flexibility index (Phi) is 4.65. The molecule has 0 bridgehead atoms.